The van der Waals surface area contributed by atoms with Crippen LogP contribution in [0.1, 0.15) is 11.1 Å². The predicted octanol–water partition coefficient (Wildman–Crippen LogP) is 3.25. The van der Waals surface area contributed by atoms with Crippen molar-refractivity contribution in [2.75, 3.05) is 0 Å². The summed E-state index contributed by atoms with van der Waals surface area (Å²) in [7, 11) is 0. The van der Waals surface area contributed by atoms with Crippen molar-refractivity contribution in [2.45, 2.75) is 0 Å². The normalized spacial score (nSPS) is 10.9. The van der Waals surface area contributed by atoms with Crippen LogP contribution in [0, 0.1) is 21.4 Å². The minimum absolute atomic E-state index is 0.0409. The van der Waals surface area contributed by atoms with Crippen LogP contribution in [0.2, 0.25) is 0 Å². The van der Waals surface area contributed by atoms with Gasteiger partial charge >= 0.3 is 0 Å². The van der Waals surface area contributed by atoms with E-state index in [1.54, 1.807) is 24.3 Å². The van der Waals surface area contributed by atoms with Crippen molar-refractivity contribution >= 4 is 17.3 Å². The van der Waals surface area contributed by atoms with Crippen LogP contribution in [-0.2, 0) is 0 Å². The molecule has 2 rings (SSSR count). The lowest BCUT2D eigenvalue weighted by Gasteiger charge is -1.98. The van der Waals surface area contributed by atoms with Gasteiger partial charge in [0.05, 0.1) is 29.1 Å². The Hall–Kier alpha value is -2.87. The van der Waals surface area contributed by atoms with Crippen molar-refractivity contribution in [3.8, 4) is 6.07 Å². The van der Waals surface area contributed by atoms with Crippen LogP contribution in [-0.4, -0.2) is 4.92 Å². The third-order valence-electron chi connectivity index (χ3n) is 2.34. The van der Waals surface area contributed by atoms with E-state index in [9.17, 15) is 10.1 Å². The Morgan fingerprint density at radius 3 is 2.89 bits per heavy atom. The maximum atomic E-state index is 10.7. The van der Waals surface area contributed by atoms with Crippen molar-refractivity contribution in [1.82, 2.24) is 0 Å². The fourth-order valence-corrected chi connectivity index (χ4v) is 1.49. The number of nitriles is 1. The molecule has 1 aromatic carbocycles. The van der Waals surface area contributed by atoms with Gasteiger partial charge in [-0.1, -0.05) is 12.1 Å². The highest BCUT2D eigenvalue weighted by molar-refractivity contribution is 5.89. The van der Waals surface area contributed by atoms with E-state index in [-0.39, 0.29) is 5.69 Å². The minimum atomic E-state index is -0.490. The second kappa shape index (κ2) is 4.97. The zero-order valence-electron chi connectivity index (χ0n) is 9.24. The van der Waals surface area contributed by atoms with Gasteiger partial charge in [0.15, 0.2) is 0 Å². The molecule has 0 aliphatic rings. The van der Waals surface area contributed by atoms with Crippen LogP contribution in [0.25, 0.3) is 11.6 Å². The summed E-state index contributed by atoms with van der Waals surface area (Å²) in [5, 5.41) is 19.8. The quantitative estimate of drug-likeness (QED) is 0.468. The SMILES string of the molecule is N#C/C(=C/c1ccoc1)c1cccc([N+](=O)[O-])c1. The van der Waals surface area contributed by atoms with E-state index in [1.807, 2.05) is 6.07 Å². The number of furan rings is 1. The molecular weight excluding hydrogens is 232 g/mol. The van der Waals surface area contributed by atoms with E-state index in [4.69, 9.17) is 9.68 Å². The lowest BCUT2D eigenvalue weighted by atomic mass is 10.0. The van der Waals surface area contributed by atoms with Crippen LogP contribution in [0.15, 0.2) is 47.3 Å². The largest absolute Gasteiger partial charge is 0.472 e. The molecule has 2 aromatic rings. The van der Waals surface area contributed by atoms with Crippen LogP contribution in [0.4, 0.5) is 5.69 Å². The van der Waals surface area contributed by atoms with Crippen molar-refractivity contribution in [2.24, 2.45) is 0 Å². The first-order valence-corrected chi connectivity index (χ1v) is 5.09. The maximum Gasteiger partial charge on any atom is 0.270 e. The number of allylic oxidation sites excluding steroid dienone is 1. The Morgan fingerprint density at radius 1 is 1.44 bits per heavy atom. The molecule has 0 atom stereocenters. The summed E-state index contributed by atoms with van der Waals surface area (Å²) < 4.78 is 4.90. The van der Waals surface area contributed by atoms with Crippen LogP contribution in [0.3, 0.4) is 0 Å². The van der Waals surface area contributed by atoms with E-state index in [0.29, 0.717) is 11.1 Å². The first-order valence-electron chi connectivity index (χ1n) is 5.09. The summed E-state index contributed by atoms with van der Waals surface area (Å²) in [6.07, 6.45) is 4.60. The van der Waals surface area contributed by atoms with E-state index in [0.717, 1.165) is 5.56 Å². The molecule has 0 aliphatic carbocycles. The van der Waals surface area contributed by atoms with Gasteiger partial charge in [-0.15, -0.1) is 0 Å². The fraction of sp³-hybridized carbons (Fsp3) is 0. The van der Waals surface area contributed by atoms with Crippen molar-refractivity contribution < 1.29 is 9.34 Å². The highest BCUT2D eigenvalue weighted by Gasteiger charge is 2.08. The summed E-state index contributed by atoms with van der Waals surface area (Å²) in [5.41, 5.74) is 1.55. The van der Waals surface area contributed by atoms with Gasteiger partial charge in [-0.2, -0.15) is 5.26 Å². The molecule has 0 N–H and O–H groups in total. The number of hydrogen-bond acceptors (Lipinski definition) is 4. The van der Waals surface area contributed by atoms with Gasteiger partial charge in [0.25, 0.3) is 5.69 Å². The first-order chi connectivity index (χ1) is 8.70. The molecule has 0 radical (unpaired) electrons. The molecule has 5 heteroatoms. The Kier molecular flexibility index (Phi) is 3.21. The number of rotatable bonds is 3. The number of hydrogen-bond donors (Lipinski definition) is 0. The van der Waals surface area contributed by atoms with E-state index in [1.165, 1.54) is 24.7 Å². The number of nitro groups is 1. The Morgan fingerprint density at radius 2 is 2.28 bits per heavy atom. The second-order valence-corrected chi connectivity index (χ2v) is 3.53. The average molecular weight is 240 g/mol. The average Bonchev–Trinajstić information content (AvgIpc) is 2.89. The second-order valence-electron chi connectivity index (χ2n) is 3.53. The van der Waals surface area contributed by atoms with Gasteiger partial charge < -0.3 is 4.42 Å². The smallest absolute Gasteiger partial charge is 0.270 e. The van der Waals surface area contributed by atoms with Crippen LogP contribution in [0.5, 0.6) is 0 Å². The van der Waals surface area contributed by atoms with E-state index < -0.39 is 4.92 Å². The standard InChI is InChI=1S/C13H8N2O3/c14-8-12(6-10-4-5-18-9-10)11-2-1-3-13(7-11)15(16)17/h1-7,9H/b12-6-. The zero-order valence-corrected chi connectivity index (χ0v) is 9.24. The van der Waals surface area contributed by atoms with Crippen molar-refractivity contribution in [3.05, 3.63) is 64.1 Å². The molecule has 1 heterocycles. The summed E-state index contributed by atoms with van der Waals surface area (Å²) in [6.45, 7) is 0. The zero-order chi connectivity index (χ0) is 13.0. The summed E-state index contributed by atoms with van der Waals surface area (Å²) >= 11 is 0. The number of benzene rings is 1. The number of nitrogens with zero attached hydrogens (tertiary/aromatic N) is 2. The molecule has 0 unspecified atom stereocenters. The monoisotopic (exact) mass is 240 g/mol. The fourth-order valence-electron chi connectivity index (χ4n) is 1.49. The van der Waals surface area contributed by atoms with Gasteiger partial charge in [-0.05, 0) is 17.7 Å². The molecule has 18 heavy (non-hydrogen) atoms. The number of non-ortho nitro benzene ring substituents is 1. The lowest BCUT2D eigenvalue weighted by Crippen LogP contribution is -1.89. The van der Waals surface area contributed by atoms with Gasteiger partial charge in [0.1, 0.15) is 0 Å². The third-order valence-corrected chi connectivity index (χ3v) is 2.34. The summed E-state index contributed by atoms with van der Waals surface area (Å²) in [6, 6.07) is 9.68. The van der Waals surface area contributed by atoms with Gasteiger partial charge in [-0.3, -0.25) is 10.1 Å². The summed E-state index contributed by atoms with van der Waals surface area (Å²) in [4.78, 5) is 10.2. The molecule has 0 aliphatic heterocycles. The van der Waals surface area contributed by atoms with Crippen LogP contribution >= 0.6 is 0 Å². The molecule has 0 saturated carbocycles. The Labute approximate surface area is 103 Å². The molecule has 5 nitrogen and oxygen atoms in total. The minimum Gasteiger partial charge on any atom is -0.472 e. The maximum absolute atomic E-state index is 10.7. The lowest BCUT2D eigenvalue weighted by molar-refractivity contribution is -0.384. The summed E-state index contributed by atoms with van der Waals surface area (Å²) in [5.74, 6) is 0. The highest BCUT2D eigenvalue weighted by atomic mass is 16.6. The topological polar surface area (TPSA) is 80.1 Å². The molecule has 0 fully saturated rings. The van der Waals surface area contributed by atoms with Gasteiger partial charge in [0, 0.05) is 17.7 Å². The molecular formula is C13H8N2O3. The number of nitro benzene ring substituents is 1. The van der Waals surface area contributed by atoms with E-state index >= 15 is 0 Å². The molecule has 0 saturated heterocycles. The van der Waals surface area contributed by atoms with E-state index in [2.05, 4.69) is 0 Å². The Bertz CT molecular complexity index is 637. The molecule has 0 spiro atoms. The first kappa shape index (κ1) is 11.6. The third kappa shape index (κ3) is 2.44. The molecule has 1 aromatic heterocycles. The predicted molar refractivity (Wildman–Crippen MR) is 65.3 cm³/mol. The van der Waals surface area contributed by atoms with Crippen LogP contribution < -0.4 is 0 Å². The Balaban J connectivity index is 2.43. The highest BCUT2D eigenvalue weighted by Crippen LogP contribution is 2.22. The van der Waals surface area contributed by atoms with Crippen molar-refractivity contribution in [3.63, 3.8) is 0 Å². The van der Waals surface area contributed by atoms with Gasteiger partial charge in [-0.25, -0.2) is 0 Å². The van der Waals surface area contributed by atoms with Gasteiger partial charge in [0.2, 0.25) is 0 Å². The van der Waals surface area contributed by atoms with Crippen molar-refractivity contribution in [1.29, 1.82) is 5.26 Å². The molecule has 88 valence electrons. The molecule has 0 bridgehead atoms. The molecule has 0 amide bonds.